The minimum Gasteiger partial charge on any atom is -0.308 e. The Morgan fingerprint density at radius 2 is 1.00 bits per heavy atom. The summed E-state index contributed by atoms with van der Waals surface area (Å²) in [6.45, 7) is 0. The lowest BCUT2D eigenvalue weighted by Gasteiger charge is -2.13. The van der Waals surface area contributed by atoms with Gasteiger partial charge in [0.05, 0.1) is 39.0 Å². The topological polar surface area (TPSA) is 35.6 Å². The zero-order chi connectivity index (χ0) is 37.5. The zero-order valence-corrected chi connectivity index (χ0v) is 31.5. The number of aromatic nitrogens is 4. The van der Waals surface area contributed by atoms with Gasteiger partial charge in [0.1, 0.15) is 5.82 Å². The van der Waals surface area contributed by atoms with Gasteiger partial charge in [-0.2, -0.15) is 0 Å². The highest BCUT2D eigenvalue weighted by atomic mass is 32.1. The van der Waals surface area contributed by atoms with Gasteiger partial charge in [-0.15, -0.1) is 11.3 Å². The molecule has 0 radical (unpaired) electrons. The summed E-state index contributed by atoms with van der Waals surface area (Å²) in [5.41, 5.74) is 13.0. The summed E-state index contributed by atoms with van der Waals surface area (Å²) in [6, 6.07) is 69.3. The van der Waals surface area contributed by atoms with Crippen LogP contribution in [0, 0.1) is 0 Å². The van der Waals surface area contributed by atoms with Crippen molar-refractivity contribution >= 4 is 75.3 Å². The first-order chi connectivity index (χ1) is 28.3. The molecule has 57 heavy (non-hydrogen) atoms. The molecule has 5 heterocycles. The van der Waals surface area contributed by atoms with Crippen LogP contribution in [-0.4, -0.2) is 19.1 Å². The number of fused-ring (bicyclic) bond motifs is 10. The molecule has 0 fully saturated rings. The predicted octanol–water partition coefficient (Wildman–Crippen LogP) is 14.0. The molecule has 0 spiro atoms. The second-order valence-corrected chi connectivity index (χ2v) is 15.6. The number of pyridine rings is 2. The number of para-hydroxylation sites is 1. The maximum Gasteiger partial charge on any atom is 0.138 e. The first kappa shape index (κ1) is 32.0. The summed E-state index contributed by atoms with van der Waals surface area (Å²) in [5.74, 6) is 0.885. The highest BCUT2D eigenvalue weighted by molar-refractivity contribution is 7.26. The minimum absolute atomic E-state index is 0.885. The summed E-state index contributed by atoms with van der Waals surface area (Å²) in [6.07, 6.45) is 0. The van der Waals surface area contributed by atoms with Crippen LogP contribution in [0.1, 0.15) is 0 Å². The summed E-state index contributed by atoms with van der Waals surface area (Å²) >= 11 is 1.86. The maximum absolute atomic E-state index is 5.44. The molecule has 0 saturated heterocycles. The molecule has 0 aliphatic carbocycles. The molecule has 0 aliphatic heterocycles. The molecule has 0 atom stereocenters. The second-order valence-electron chi connectivity index (χ2n) is 14.6. The summed E-state index contributed by atoms with van der Waals surface area (Å²) < 4.78 is 7.29. The normalized spacial score (nSPS) is 11.9. The molecule has 12 rings (SSSR count). The molecule has 12 aromatic rings. The number of nitrogens with zero attached hydrogens (tertiary/aromatic N) is 4. The molecule has 5 heteroatoms. The Kier molecular flexibility index (Phi) is 7.06. The van der Waals surface area contributed by atoms with Gasteiger partial charge in [-0.25, -0.2) is 9.97 Å². The largest absolute Gasteiger partial charge is 0.308 e. The third-order valence-electron chi connectivity index (χ3n) is 11.3. The third kappa shape index (κ3) is 4.99. The van der Waals surface area contributed by atoms with Crippen LogP contribution in [0.5, 0.6) is 0 Å². The second kappa shape index (κ2) is 12.6. The Bertz CT molecular complexity index is 3450. The number of hydrogen-bond donors (Lipinski definition) is 0. The number of rotatable bonds is 5. The van der Waals surface area contributed by atoms with Crippen molar-refractivity contribution in [3.63, 3.8) is 0 Å². The molecule has 0 N–H and O–H groups in total. The van der Waals surface area contributed by atoms with Crippen molar-refractivity contribution in [2.45, 2.75) is 0 Å². The SMILES string of the molecule is c1ccc(-c2cc(-c3ccccc3)nc(-n3c4ccccc4c4cc(-n5c6ccc(-c7ccccc7)nc6c6c7sc8ccccc8c7ccc65)ccc43)c2)cc1. The van der Waals surface area contributed by atoms with Crippen LogP contribution >= 0.6 is 11.3 Å². The van der Waals surface area contributed by atoms with Gasteiger partial charge < -0.3 is 4.57 Å². The fourth-order valence-corrected chi connectivity index (χ4v) is 9.96. The van der Waals surface area contributed by atoms with Crippen molar-refractivity contribution in [2.24, 2.45) is 0 Å². The molecule has 0 unspecified atom stereocenters. The lowest BCUT2D eigenvalue weighted by atomic mass is 10.0. The quantitative estimate of drug-likeness (QED) is 0.176. The van der Waals surface area contributed by atoms with Crippen molar-refractivity contribution in [3.05, 3.63) is 194 Å². The van der Waals surface area contributed by atoms with E-state index in [-0.39, 0.29) is 0 Å². The first-order valence-corrected chi connectivity index (χ1v) is 20.1. The molecule has 0 aliphatic rings. The van der Waals surface area contributed by atoms with Crippen LogP contribution in [0.15, 0.2) is 194 Å². The smallest absolute Gasteiger partial charge is 0.138 e. The van der Waals surface area contributed by atoms with Gasteiger partial charge in [-0.3, -0.25) is 4.57 Å². The average Bonchev–Trinajstić information content (AvgIpc) is 3.94. The van der Waals surface area contributed by atoms with E-state index in [1.54, 1.807) is 0 Å². The fourth-order valence-electron chi connectivity index (χ4n) is 8.72. The number of hydrogen-bond acceptors (Lipinski definition) is 3. The van der Waals surface area contributed by atoms with Gasteiger partial charge in [0.25, 0.3) is 0 Å². The molecule has 0 bridgehead atoms. The van der Waals surface area contributed by atoms with Crippen molar-refractivity contribution in [3.8, 4) is 45.1 Å². The van der Waals surface area contributed by atoms with E-state index in [4.69, 9.17) is 9.97 Å². The van der Waals surface area contributed by atoms with E-state index in [9.17, 15) is 0 Å². The Morgan fingerprint density at radius 3 is 1.79 bits per heavy atom. The lowest BCUT2D eigenvalue weighted by molar-refractivity contribution is 1.08. The van der Waals surface area contributed by atoms with Crippen molar-refractivity contribution in [2.75, 3.05) is 0 Å². The standard InChI is InChI=1S/C52H32N4S/c1-4-14-33(15-5-1)36-30-43(35-18-8-3-9-19-35)53-49(31-36)56-44-22-12-10-20-38(44)41-32-37(24-27-45(41)56)55-46-28-25-40-39-21-11-13-23-48(39)57-52(40)50(46)51-47(55)29-26-42(54-51)34-16-6-2-7-17-34/h1-32H. The Labute approximate surface area is 332 Å². The molecular weight excluding hydrogens is 713 g/mol. The van der Waals surface area contributed by atoms with Crippen LogP contribution in [0.3, 0.4) is 0 Å². The van der Waals surface area contributed by atoms with Crippen LogP contribution < -0.4 is 0 Å². The molecule has 4 nitrogen and oxygen atoms in total. The van der Waals surface area contributed by atoms with E-state index in [0.717, 1.165) is 72.7 Å². The zero-order valence-electron chi connectivity index (χ0n) is 30.7. The monoisotopic (exact) mass is 744 g/mol. The number of benzene rings is 7. The van der Waals surface area contributed by atoms with Gasteiger partial charge in [-0.1, -0.05) is 133 Å². The summed E-state index contributed by atoms with van der Waals surface area (Å²) in [5, 5.41) is 6.10. The van der Waals surface area contributed by atoms with Crippen molar-refractivity contribution in [1.82, 2.24) is 19.1 Å². The summed E-state index contributed by atoms with van der Waals surface area (Å²) in [4.78, 5) is 10.8. The maximum atomic E-state index is 5.44. The van der Waals surface area contributed by atoms with Gasteiger partial charge in [-0.05, 0) is 71.8 Å². The highest BCUT2D eigenvalue weighted by Gasteiger charge is 2.21. The Hall–Kier alpha value is -7.34. The van der Waals surface area contributed by atoms with E-state index in [1.807, 2.05) is 11.3 Å². The third-order valence-corrected chi connectivity index (χ3v) is 12.5. The molecule has 5 aromatic heterocycles. The van der Waals surface area contributed by atoms with Crippen molar-refractivity contribution < 1.29 is 0 Å². The first-order valence-electron chi connectivity index (χ1n) is 19.2. The van der Waals surface area contributed by atoms with Gasteiger partial charge in [0.15, 0.2) is 0 Å². The van der Waals surface area contributed by atoms with Crippen LogP contribution in [0.4, 0.5) is 0 Å². The van der Waals surface area contributed by atoms with Crippen LogP contribution in [0.25, 0.3) is 109 Å². The number of thiophene rings is 1. The van der Waals surface area contributed by atoms with E-state index >= 15 is 0 Å². The van der Waals surface area contributed by atoms with E-state index < -0.39 is 0 Å². The predicted molar refractivity (Wildman–Crippen MR) is 240 cm³/mol. The molecular formula is C52H32N4S. The average molecular weight is 745 g/mol. The van der Waals surface area contributed by atoms with E-state index in [2.05, 4.69) is 203 Å². The fraction of sp³-hybridized carbons (Fsp3) is 0. The van der Waals surface area contributed by atoms with Gasteiger partial charge in [0, 0.05) is 53.1 Å². The summed E-state index contributed by atoms with van der Waals surface area (Å²) in [7, 11) is 0. The molecule has 0 saturated carbocycles. The van der Waals surface area contributed by atoms with Crippen LogP contribution in [0.2, 0.25) is 0 Å². The van der Waals surface area contributed by atoms with Crippen molar-refractivity contribution in [1.29, 1.82) is 0 Å². The van der Waals surface area contributed by atoms with Gasteiger partial charge >= 0.3 is 0 Å². The van der Waals surface area contributed by atoms with E-state index in [0.29, 0.717) is 0 Å². The molecule has 7 aromatic carbocycles. The Balaban J connectivity index is 1.12. The van der Waals surface area contributed by atoms with Crippen LogP contribution in [-0.2, 0) is 0 Å². The molecule has 266 valence electrons. The van der Waals surface area contributed by atoms with E-state index in [1.165, 1.54) is 36.3 Å². The minimum atomic E-state index is 0.885. The highest BCUT2D eigenvalue weighted by Crippen LogP contribution is 2.44. The molecule has 0 amide bonds. The van der Waals surface area contributed by atoms with Gasteiger partial charge in [0.2, 0.25) is 0 Å². The lowest BCUT2D eigenvalue weighted by Crippen LogP contribution is -2.00. The Morgan fingerprint density at radius 1 is 0.368 bits per heavy atom.